The molecular weight excluding hydrogens is 302 g/mol. The number of carbonyl (C=O) groups excluding carboxylic acids is 1. The van der Waals surface area contributed by atoms with E-state index in [9.17, 15) is 4.79 Å². The summed E-state index contributed by atoms with van der Waals surface area (Å²) in [5, 5.41) is 0. The number of nitrogens with zero attached hydrogens (tertiary/aromatic N) is 3. The van der Waals surface area contributed by atoms with Crippen molar-refractivity contribution in [3.05, 3.63) is 35.4 Å². The Morgan fingerprint density at radius 2 is 1.96 bits per heavy atom. The van der Waals surface area contributed by atoms with Gasteiger partial charge in [-0.1, -0.05) is 6.58 Å². The van der Waals surface area contributed by atoms with Gasteiger partial charge in [-0.2, -0.15) is 0 Å². The molecule has 0 aliphatic carbocycles. The number of piperidine rings is 1. The molecule has 1 unspecified atom stereocenters. The van der Waals surface area contributed by atoms with Gasteiger partial charge in [-0.25, -0.2) is 9.97 Å². The normalized spacial score (nSPS) is 22.8. The van der Waals surface area contributed by atoms with E-state index in [1.54, 1.807) is 6.92 Å². The van der Waals surface area contributed by atoms with E-state index in [0.717, 1.165) is 62.6 Å². The lowest BCUT2D eigenvalue weighted by Gasteiger charge is -2.38. The molecule has 2 saturated heterocycles. The molecule has 0 N–H and O–H groups in total. The molecule has 5 nitrogen and oxygen atoms in total. The van der Waals surface area contributed by atoms with Gasteiger partial charge >= 0.3 is 0 Å². The van der Waals surface area contributed by atoms with Gasteiger partial charge in [0.2, 0.25) is 5.91 Å². The lowest BCUT2D eigenvalue weighted by molar-refractivity contribution is -0.131. The van der Waals surface area contributed by atoms with Crippen molar-refractivity contribution in [2.45, 2.75) is 52.1 Å². The van der Waals surface area contributed by atoms with Crippen LogP contribution in [0, 0.1) is 19.8 Å². The molecule has 0 bridgehead atoms. The Bertz CT molecular complexity index is 628. The first-order valence-corrected chi connectivity index (χ1v) is 8.77. The molecule has 0 radical (unpaired) electrons. The highest BCUT2D eigenvalue weighted by atomic mass is 16.5. The minimum atomic E-state index is -0.0601. The van der Waals surface area contributed by atoms with Gasteiger partial charge in [-0.05, 0) is 52.0 Å². The van der Waals surface area contributed by atoms with Crippen LogP contribution in [-0.2, 0) is 16.0 Å². The molecule has 0 saturated carbocycles. The highest BCUT2D eigenvalue weighted by Crippen LogP contribution is 2.39. The van der Waals surface area contributed by atoms with E-state index in [1.807, 2.05) is 24.8 Å². The van der Waals surface area contributed by atoms with Gasteiger partial charge < -0.3 is 9.64 Å². The van der Waals surface area contributed by atoms with E-state index in [4.69, 9.17) is 4.74 Å². The average Bonchev–Trinajstić information content (AvgIpc) is 2.88. The molecule has 1 atom stereocenters. The standard InChI is InChI=1S/C19H27N3O2/c1-13(2)18(23)22-7-5-19(6-8-22)11-16(12-24-19)10-17-20-14(3)9-15(4)21-17/h9,16H,1,5-8,10-12H2,2-4H3. The van der Waals surface area contributed by atoms with Crippen molar-refractivity contribution in [1.82, 2.24) is 14.9 Å². The van der Waals surface area contributed by atoms with Crippen molar-refractivity contribution >= 4 is 5.91 Å². The summed E-state index contributed by atoms with van der Waals surface area (Å²) in [7, 11) is 0. The van der Waals surface area contributed by atoms with E-state index in [2.05, 4.69) is 16.5 Å². The zero-order valence-corrected chi connectivity index (χ0v) is 15.0. The second-order valence-corrected chi connectivity index (χ2v) is 7.41. The second kappa shape index (κ2) is 6.63. The zero-order valence-electron chi connectivity index (χ0n) is 15.0. The number of aryl methyl sites for hydroxylation is 2. The molecule has 2 aliphatic heterocycles. The summed E-state index contributed by atoms with van der Waals surface area (Å²) in [4.78, 5) is 23.1. The Morgan fingerprint density at radius 1 is 1.33 bits per heavy atom. The highest BCUT2D eigenvalue weighted by molar-refractivity contribution is 5.92. The van der Waals surface area contributed by atoms with E-state index >= 15 is 0 Å². The second-order valence-electron chi connectivity index (χ2n) is 7.41. The maximum Gasteiger partial charge on any atom is 0.248 e. The molecule has 1 aromatic heterocycles. The lowest BCUT2D eigenvalue weighted by Crippen LogP contribution is -2.46. The predicted octanol–water partition coefficient (Wildman–Crippen LogP) is 2.61. The van der Waals surface area contributed by atoms with Gasteiger partial charge in [0.25, 0.3) is 0 Å². The fraction of sp³-hybridized carbons (Fsp3) is 0.632. The van der Waals surface area contributed by atoms with Crippen LogP contribution in [-0.4, -0.2) is 46.1 Å². The third kappa shape index (κ3) is 3.66. The maximum atomic E-state index is 12.0. The monoisotopic (exact) mass is 329 g/mol. The van der Waals surface area contributed by atoms with E-state index in [0.29, 0.717) is 11.5 Å². The van der Waals surface area contributed by atoms with Gasteiger partial charge in [0.1, 0.15) is 5.82 Å². The van der Waals surface area contributed by atoms with Gasteiger partial charge in [0.15, 0.2) is 0 Å². The minimum Gasteiger partial charge on any atom is -0.375 e. The third-order valence-electron chi connectivity index (χ3n) is 5.11. The van der Waals surface area contributed by atoms with Gasteiger partial charge in [-0.3, -0.25) is 4.79 Å². The number of ether oxygens (including phenoxy) is 1. The summed E-state index contributed by atoms with van der Waals surface area (Å²) in [5.74, 6) is 1.46. The maximum absolute atomic E-state index is 12.0. The Labute approximate surface area is 144 Å². The largest absolute Gasteiger partial charge is 0.375 e. The molecule has 2 fully saturated rings. The van der Waals surface area contributed by atoms with Crippen LogP contribution in [0.3, 0.4) is 0 Å². The first kappa shape index (κ1) is 17.1. The van der Waals surface area contributed by atoms with Crippen LogP contribution in [0.2, 0.25) is 0 Å². The van der Waals surface area contributed by atoms with E-state index in [-0.39, 0.29) is 11.5 Å². The number of hydrogen-bond acceptors (Lipinski definition) is 4. The Kier molecular flexibility index (Phi) is 4.72. The first-order chi connectivity index (χ1) is 11.4. The number of carbonyl (C=O) groups is 1. The smallest absolute Gasteiger partial charge is 0.248 e. The minimum absolute atomic E-state index is 0.0601. The molecule has 1 amide bonds. The number of amides is 1. The van der Waals surface area contributed by atoms with Crippen molar-refractivity contribution < 1.29 is 9.53 Å². The van der Waals surface area contributed by atoms with Crippen LogP contribution in [0.25, 0.3) is 0 Å². The average molecular weight is 329 g/mol. The number of hydrogen-bond donors (Lipinski definition) is 0. The van der Waals surface area contributed by atoms with Crippen LogP contribution in [0.15, 0.2) is 18.2 Å². The molecule has 3 rings (SSSR count). The fourth-order valence-electron chi connectivity index (χ4n) is 3.95. The SMILES string of the molecule is C=C(C)C(=O)N1CCC2(CC1)CC(Cc1nc(C)cc(C)n1)CO2. The molecule has 2 aliphatic rings. The van der Waals surface area contributed by atoms with Crippen LogP contribution in [0.5, 0.6) is 0 Å². The molecular formula is C19H27N3O2. The summed E-state index contributed by atoms with van der Waals surface area (Å²) in [6.45, 7) is 11.9. The number of rotatable bonds is 3. The van der Waals surface area contributed by atoms with Crippen molar-refractivity contribution in [3.8, 4) is 0 Å². The van der Waals surface area contributed by atoms with Crippen molar-refractivity contribution in [1.29, 1.82) is 0 Å². The predicted molar refractivity (Wildman–Crippen MR) is 92.6 cm³/mol. The molecule has 3 heterocycles. The highest BCUT2D eigenvalue weighted by Gasteiger charge is 2.43. The number of aromatic nitrogens is 2. The van der Waals surface area contributed by atoms with Crippen molar-refractivity contribution in [3.63, 3.8) is 0 Å². The van der Waals surface area contributed by atoms with Crippen LogP contribution in [0.4, 0.5) is 0 Å². The number of likely N-dealkylation sites (tertiary alicyclic amines) is 1. The summed E-state index contributed by atoms with van der Waals surface area (Å²) < 4.78 is 6.20. The molecule has 130 valence electrons. The molecule has 0 aromatic carbocycles. The summed E-state index contributed by atoms with van der Waals surface area (Å²) in [6, 6.07) is 2.00. The molecule has 1 spiro atoms. The van der Waals surface area contributed by atoms with E-state index in [1.165, 1.54) is 0 Å². The van der Waals surface area contributed by atoms with Crippen LogP contribution < -0.4 is 0 Å². The zero-order chi connectivity index (χ0) is 17.3. The van der Waals surface area contributed by atoms with Crippen molar-refractivity contribution in [2.75, 3.05) is 19.7 Å². The van der Waals surface area contributed by atoms with Gasteiger partial charge in [0, 0.05) is 36.5 Å². The Hall–Kier alpha value is -1.75. The Morgan fingerprint density at radius 3 is 2.54 bits per heavy atom. The quantitative estimate of drug-likeness (QED) is 0.800. The Balaban J connectivity index is 1.58. The summed E-state index contributed by atoms with van der Waals surface area (Å²) in [6.07, 6.45) is 3.74. The van der Waals surface area contributed by atoms with Crippen LogP contribution in [0.1, 0.15) is 43.4 Å². The molecule has 24 heavy (non-hydrogen) atoms. The topological polar surface area (TPSA) is 55.3 Å². The fourth-order valence-corrected chi connectivity index (χ4v) is 3.95. The van der Waals surface area contributed by atoms with Gasteiger partial charge in [-0.15, -0.1) is 0 Å². The summed E-state index contributed by atoms with van der Waals surface area (Å²) >= 11 is 0. The van der Waals surface area contributed by atoms with E-state index < -0.39 is 0 Å². The molecule has 1 aromatic rings. The van der Waals surface area contributed by atoms with Crippen molar-refractivity contribution in [2.24, 2.45) is 5.92 Å². The van der Waals surface area contributed by atoms with Gasteiger partial charge in [0.05, 0.1) is 12.2 Å². The lowest BCUT2D eigenvalue weighted by atomic mass is 9.84. The summed E-state index contributed by atoms with van der Waals surface area (Å²) in [5.41, 5.74) is 2.61. The van der Waals surface area contributed by atoms with Crippen LogP contribution >= 0.6 is 0 Å². The first-order valence-electron chi connectivity index (χ1n) is 8.77. The third-order valence-corrected chi connectivity index (χ3v) is 5.11. The molecule has 5 heteroatoms.